The Hall–Kier alpha value is -1.59. The van der Waals surface area contributed by atoms with Crippen molar-refractivity contribution in [1.29, 1.82) is 0 Å². The second kappa shape index (κ2) is 5.19. The molecule has 0 aliphatic carbocycles. The number of nitrogens with two attached hydrogens (primary N) is 1. The number of hydrogen-bond donors (Lipinski definition) is 1. The molecule has 0 radical (unpaired) electrons. The first-order valence-corrected chi connectivity index (χ1v) is 7.61. The standard InChI is InChI=1S/C13H13ClN2O2S/c1-9-3-2-6-16-12(9)8-19(17,18)13-5-4-10(15)7-11(13)14/h2-7H,8,15H2,1H3. The molecule has 1 aromatic heterocycles. The Morgan fingerprint density at radius 1 is 1.32 bits per heavy atom. The molecular weight excluding hydrogens is 284 g/mol. The summed E-state index contributed by atoms with van der Waals surface area (Å²) in [5, 5.41) is 0.133. The zero-order chi connectivity index (χ0) is 14.0. The number of aromatic nitrogens is 1. The minimum absolute atomic E-state index is 0.0772. The molecule has 0 spiro atoms. The average molecular weight is 297 g/mol. The minimum Gasteiger partial charge on any atom is -0.399 e. The van der Waals surface area contributed by atoms with Crippen LogP contribution in [0.3, 0.4) is 0 Å². The number of benzene rings is 1. The predicted octanol–water partition coefficient (Wildman–Crippen LogP) is 2.60. The maximum absolute atomic E-state index is 12.3. The highest BCUT2D eigenvalue weighted by Crippen LogP contribution is 2.26. The lowest BCUT2D eigenvalue weighted by atomic mass is 10.2. The van der Waals surface area contributed by atoms with Gasteiger partial charge in [0.1, 0.15) is 0 Å². The molecule has 2 aromatic rings. The molecule has 4 nitrogen and oxygen atoms in total. The van der Waals surface area contributed by atoms with Gasteiger partial charge in [0.15, 0.2) is 9.84 Å². The van der Waals surface area contributed by atoms with Gasteiger partial charge >= 0.3 is 0 Å². The van der Waals surface area contributed by atoms with Crippen LogP contribution >= 0.6 is 11.6 Å². The third-order valence-electron chi connectivity index (χ3n) is 2.74. The normalized spacial score (nSPS) is 11.5. The van der Waals surface area contributed by atoms with Crippen molar-refractivity contribution in [2.45, 2.75) is 17.6 Å². The summed E-state index contributed by atoms with van der Waals surface area (Å²) in [6.07, 6.45) is 1.57. The monoisotopic (exact) mass is 296 g/mol. The molecule has 19 heavy (non-hydrogen) atoms. The van der Waals surface area contributed by atoms with Gasteiger partial charge in [-0.05, 0) is 36.8 Å². The number of nitrogen functional groups attached to an aromatic ring is 1. The third kappa shape index (κ3) is 3.05. The topological polar surface area (TPSA) is 73.0 Å². The number of anilines is 1. The van der Waals surface area contributed by atoms with E-state index in [1.807, 2.05) is 13.0 Å². The molecule has 0 aliphatic rings. The lowest BCUT2D eigenvalue weighted by molar-refractivity contribution is 0.594. The van der Waals surface area contributed by atoms with Crippen LogP contribution in [0.1, 0.15) is 11.3 Å². The van der Waals surface area contributed by atoms with Gasteiger partial charge < -0.3 is 5.73 Å². The third-order valence-corrected chi connectivity index (χ3v) is 4.84. The summed E-state index contributed by atoms with van der Waals surface area (Å²) < 4.78 is 24.6. The molecule has 2 N–H and O–H groups in total. The average Bonchev–Trinajstić information content (AvgIpc) is 2.31. The molecule has 0 aliphatic heterocycles. The van der Waals surface area contributed by atoms with Crippen LogP contribution < -0.4 is 5.73 Å². The van der Waals surface area contributed by atoms with E-state index in [0.717, 1.165) is 5.56 Å². The SMILES string of the molecule is Cc1cccnc1CS(=O)(=O)c1ccc(N)cc1Cl. The summed E-state index contributed by atoms with van der Waals surface area (Å²) in [4.78, 5) is 4.17. The number of rotatable bonds is 3. The van der Waals surface area contributed by atoms with E-state index in [-0.39, 0.29) is 15.7 Å². The number of sulfone groups is 1. The Balaban J connectivity index is 2.41. The van der Waals surface area contributed by atoms with Crippen LogP contribution in [0.25, 0.3) is 0 Å². The van der Waals surface area contributed by atoms with E-state index in [1.165, 1.54) is 18.2 Å². The molecule has 0 amide bonds. The predicted molar refractivity (Wildman–Crippen MR) is 75.7 cm³/mol. The van der Waals surface area contributed by atoms with Gasteiger partial charge in [0.2, 0.25) is 0 Å². The summed E-state index contributed by atoms with van der Waals surface area (Å²) in [6, 6.07) is 7.96. The number of nitrogens with zero attached hydrogens (tertiary/aromatic N) is 1. The summed E-state index contributed by atoms with van der Waals surface area (Å²) in [5.41, 5.74) is 7.34. The Morgan fingerprint density at radius 3 is 2.68 bits per heavy atom. The van der Waals surface area contributed by atoms with Gasteiger partial charge in [-0.25, -0.2) is 8.42 Å². The van der Waals surface area contributed by atoms with E-state index < -0.39 is 9.84 Å². The van der Waals surface area contributed by atoms with Crippen molar-refractivity contribution in [3.05, 3.63) is 52.8 Å². The number of halogens is 1. The molecule has 0 fully saturated rings. The Kier molecular flexibility index (Phi) is 3.78. The van der Waals surface area contributed by atoms with Crippen LogP contribution in [-0.2, 0) is 15.6 Å². The van der Waals surface area contributed by atoms with E-state index in [2.05, 4.69) is 4.98 Å². The molecule has 1 aromatic carbocycles. The van der Waals surface area contributed by atoms with E-state index >= 15 is 0 Å². The van der Waals surface area contributed by atoms with E-state index in [9.17, 15) is 8.42 Å². The number of aryl methyl sites for hydroxylation is 1. The molecule has 0 atom stereocenters. The summed E-state index contributed by atoms with van der Waals surface area (Å²) in [5.74, 6) is -0.177. The first-order valence-electron chi connectivity index (χ1n) is 5.58. The van der Waals surface area contributed by atoms with Crippen LogP contribution in [0.4, 0.5) is 5.69 Å². The molecule has 2 rings (SSSR count). The van der Waals surface area contributed by atoms with Crippen LogP contribution in [0.2, 0.25) is 5.02 Å². The zero-order valence-electron chi connectivity index (χ0n) is 10.3. The summed E-state index contributed by atoms with van der Waals surface area (Å²) in [6.45, 7) is 1.82. The van der Waals surface area contributed by atoms with E-state index in [1.54, 1.807) is 12.3 Å². The molecule has 100 valence electrons. The second-order valence-electron chi connectivity index (χ2n) is 4.22. The first kappa shape index (κ1) is 13.8. The lowest BCUT2D eigenvalue weighted by Gasteiger charge is -2.08. The van der Waals surface area contributed by atoms with Crippen molar-refractivity contribution >= 4 is 27.1 Å². The quantitative estimate of drug-likeness (QED) is 0.884. The fourth-order valence-electron chi connectivity index (χ4n) is 1.70. The molecular formula is C13H13ClN2O2S. The Labute approximate surface area is 117 Å². The van der Waals surface area contributed by atoms with Gasteiger partial charge in [-0.1, -0.05) is 17.7 Å². The largest absolute Gasteiger partial charge is 0.399 e. The molecule has 0 unspecified atom stereocenters. The van der Waals surface area contributed by atoms with E-state index in [4.69, 9.17) is 17.3 Å². The number of hydrogen-bond acceptors (Lipinski definition) is 4. The lowest BCUT2D eigenvalue weighted by Crippen LogP contribution is -2.08. The fraction of sp³-hybridized carbons (Fsp3) is 0.154. The van der Waals surface area contributed by atoms with Gasteiger partial charge in [0, 0.05) is 11.9 Å². The maximum Gasteiger partial charge on any atom is 0.185 e. The molecule has 1 heterocycles. The smallest absolute Gasteiger partial charge is 0.185 e. The number of pyridine rings is 1. The highest BCUT2D eigenvalue weighted by molar-refractivity contribution is 7.90. The van der Waals surface area contributed by atoms with Crippen LogP contribution in [0.15, 0.2) is 41.4 Å². The van der Waals surface area contributed by atoms with Crippen LogP contribution in [-0.4, -0.2) is 13.4 Å². The van der Waals surface area contributed by atoms with Crippen molar-refractivity contribution in [3.8, 4) is 0 Å². The second-order valence-corrected chi connectivity index (χ2v) is 6.58. The first-order chi connectivity index (χ1) is 8.90. The van der Waals surface area contributed by atoms with Crippen molar-refractivity contribution in [2.24, 2.45) is 0 Å². The van der Waals surface area contributed by atoms with Crippen molar-refractivity contribution < 1.29 is 8.42 Å². The zero-order valence-corrected chi connectivity index (χ0v) is 11.9. The van der Waals surface area contributed by atoms with Crippen molar-refractivity contribution in [1.82, 2.24) is 4.98 Å². The summed E-state index contributed by atoms with van der Waals surface area (Å²) >= 11 is 5.94. The molecule has 6 heteroatoms. The van der Waals surface area contributed by atoms with Crippen LogP contribution in [0, 0.1) is 6.92 Å². The Bertz CT molecular complexity index is 714. The van der Waals surface area contributed by atoms with Crippen molar-refractivity contribution in [2.75, 3.05) is 5.73 Å². The summed E-state index contributed by atoms with van der Waals surface area (Å²) in [7, 11) is -3.53. The van der Waals surface area contributed by atoms with Gasteiger partial charge in [-0.15, -0.1) is 0 Å². The fourth-order valence-corrected chi connectivity index (χ4v) is 3.69. The molecule has 0 saturated heterocycles. The van der Waals surface area contributed by atoms with Gasteiger partial charge in [-0.3, -0.25) is 4.98 Å². The molecule has 0 bridgehead atoms. The van der Waals surface area contributed by atoms with Crippen LogP contribution in [0.5, 0.6) is 0 Å². The van der Waals surface area contributed by atoms with Gasteiger partial charge in [0.25, 0.3) is 0 Å². The minimum atomic E-state index is -3.53. The Morgan fingerprint density at radius 2 is 2.05 bits per heavy atom. The highest BCUT2D eigenvalue weighted by atomic mass is 35.5. The molecule has 0 saturated carbocycles. The van der Waals surface area contributed by atoms with Gasteiger partial charge in [0.05, 0.1) is 21.4 Å². The van der Waals surface area contributed by atoms with Crippen molar-refractivity contribution in [3.63, 3.8) is 0 Å². The van der Waals surface area contributed by atoms with E-state index in [0.29, 0.717) is 11.4 Å². The maximum atomic E-state index is 12.3. The van der Waals surface area contributed by atoms with Gasteiger partial charge in [-0.2, -0.15) is 0 Å². The highest BCUT2D eigenvalue weighted by Gasteiger charge is 2.20.